The topological polar surface area (TPSA) is 110 Å². The summed E-state index contributed by atoms with van der Waals surface area (Å²) in [6.07, 6.45) is 4.08. The van der Waals surface area contributed by atoms with Gasteiger partial charge in [-0.25, -0.2) is 13.2 Å². The first-order valence-electron chi connectivity index (χ1n) is 13.1. The maximum absolute atomic E-state index is 13.3. The Hall–Kier alpha value is -3.49. The number of carbonyl (C=O) groups excluding carboxylic acids is 1. The second kappa shape index (κ2) is 14.1. The van der Waals surface area contributed by atoms with Gasteiger partial charge in [-0.1, -0.05) is 67.9 Å². The second-order valence-corrected chi connectivity index (χ2v) is 12.1. The molecule has 0 radical (unpaired) electrons. The molecule has 3 aromatic carbocycles. The fourth-order valence-corrected chi connectivity index (χ4v) is 5.05. The summed E-state index contributed by atoms with van der Waals surface area (Å²) in [7, 11) is -3.38. The molecule has 0 saturated heterocycles. The van der Waals surface area contributed by atoms with Crippen molar-refractivity contribution in [1.29, 1.82) is 0 Å². The Labute approximate surface area is 231 Å². The number of nitrogens with one attached hydrogen (secondary N) is 1. The van der Waals surface area contributed by atoms with Gasteiger partial charge >= 0.3 is 5.97 Å². The van der Waals surface area contributed by atoms with Crippen LogP contribution in [0.5, 0.6) is 0 Å². The Morgan fingerprint density at radius 3 is 2.31 bits per heavy atom. The minimum absolute atomic E-state index is 0.217. The molecular formula is C31H37NO6S. The molecule has 1 unspecified atom stereocenters. The van der Waals surface area contributed by atoms with Crippen molar-refractivity contribution >= 4 is 21.7 Å². The molecule has 0 heterocycles. The van der Waals surface area contributed by atoms with Gasteiger partial charge in [-0.2, -0.15) is 0 Å². The maximum atomic E-state index is 13.3. The van der Waals surface area contributed by atoms with E-state index in [2.05, 4.69) is 24.4 Å². The molecule has 0 spiro atoms. The van der Waals surface area contributed by atoms with E-state index in [1.807, 2.05) is 49.4 Å². The van der Waals surface area contributed by atoms with E-state index in [1.54, 1.807) is 12.1 Å². The highest BCUT2D eigenvalue weighted by atomic mass is 32.2. The highest BCUT2D eigenvalue weighted by molar-refractivity contribution is 7.90. The third-order valence-corrected chi connectivity index (χ3v) is 7.57. The number of benzene rings is 3. The first-order valence-corrected chi connectivity index (χ1v) is 15.2. The number of amides is 1. The zero-order chi connectivity index (χ0) is 28.4. The smallest absolute Gasteiger partial charge is 0.326 e. The van der Waals surface area contributed by atoms with Gasteiger partial charge in [0.05, 0.1) is 19.0 Å². The van der Waals surface area contributed by atoms with E-state index in [-0.39, 0.29) is 12.2 Å². The van der Waals surface area contributed by atoms with Gasteiger partial charge in [0.25, 0.3) is 5.91 Å². The summed E-state index contributed by atoms with van der Waals surface area (Å²) >= 11 is 0. The zero-order valence-electron chi connectivity index (χ0n) is 22.8. The molecule has 8 heteroatoms. The number of carboxylic acids is 1. The monoisotopic (exact) mass is 551 g/mol. The van der Waals surface area contributed by atoms with E-state index in [0.29, 0.717) is 24.3 Å². The van der Waals surface area contributed by atoms with Crippen LogP contribution in [0.3, 0.4) is 0 Å². The predicted molar refractivity (Wildman–Crippen MR) is 153 cm³/mol. The second-order valence-electron chi connectivity index (χ2n) is 9.84. The Bertz CT molecular complexity index is 1400. The van der Waals surface area contributed by atoms with Crippen molar-refractivity contribution < 1.29 is 27.9 Å². The lowest BCUT2D eigenvalue weighted by Gasteiger charge is -2.18. The van der Waals surface area contributed by atoms with Crippen LogP contribution in [0.2, 0.25) is 0 Å². The van der Waals surface area contributed by atoms with Crippen molar-refractivity contribution in [3.05, 3.63) is 94.5 Å². The molecule has 208 valence electrons. The van der Waals surface area contributed by atoms with Gasteiger partial charge in [-0.3, -0.25) is 4.79 Å². The molecule has 2 N–H and O–H groups in total. The van der Waals surface area contributed by atoms with Gasteiger partial charge in [0.1, 0.15) is 15.9 Å². The molecule has 0 aliphatic rings. The lowest BCUT2D eigenvalue weighted by molar-refractivity contribution is -0.139. The number of unbranched alkanes of at least 4 members (excludes halogenated alkanes) is 1. The van der Waals surface area contributed by atoms with Crippen LogP contribution in [-0.2, 0) is 39.0 Å². The van der Waals surface area contributed by atoms with Gasteiger partial charge in [-0.15, -0.1) is 0 Å². The van der Waals surface area contributed by atoms with E-state index in [9.17, 15) is 23.1 Å². The normalized spacial score (nSPS) is 12.2. The Morgan fingerprint density at radius 1 is 0.949 bits per heavy atom. The van der Waals surface area contributed by atoms with E-state index < -0.39 is 27.8 Å². The van der Waals surface area contributed by atoms with Crippen molar-refractivity contribution in [2.24, 2.45) is 0 Å². The Kier molecular flexibility index (Phi) is 10.8. The van der Waals surface area contributed by atoms with Crippen LogP contribution in [0.15, 0.2) is 66.7 Å². The number of aliphatic carboxylic acids is 1. The molecular weight excluding hydrogens is 514 g/mol. The van der Waals surface area contributed by atoms with Crippen molar-refractivity contribution in [3.8, 4) is 11.1 Å². The standard InChI is InChI=1S/C31H37NO6S/c1-4-5-11-24-12-7-8-13-25(24)21-38-20-23-15-16-27(28(19-23)26-14-9-6-10-22(26)2)30(33)32-29(31(34)35)17-18-39(3,36)37/h6-10,12-16,19,29H,4-5,11,17-18,20-21H2,1-3H3,(H,32,33)(H,34,35). The van der Waals surface area contributed by atoms with E-state index in [0.717, 1.165) is 47.8 Å². The summed E-state index contributed by atoms with van der Waals surface area (Å²) in [6.45, 7) is 4.93. The number of hydrogen-bond donors (Lipinski definition) is 2. The van der Waals surface area contributed by atoms with Crippen LogP contribution in [0.1, 0.15) is 58.8 Å². The fourth-order valence-electron chi connectivity index (χ4n) is 4.39. The molecule has 0 aliphatic heterocycles. The number of carbonyl (C=O) groups is 2. The summed E-state index contributed by atoms with van der Waals surface area (Å²) < 4.78 is 29.2. The van der Waals surface area contributed by atoms with Crippen LogP contribution in [-0.4, -0.2) is 43.5 Å². The van der Waals surface area contributed by atoms with Gasteiger partial charge in [0.2, 0.25) is 0 Å². The molecule has 0 bridgehead atoms. The molecule has 0 fully saturated rings. The average molecular weight is 552 g/mol. The van der Waals surface area contributed by atoms with Crippen molar-refractivity contribution in [1.82, 2.24) is 5.32 Å². The minimum atomic E-state index is -3.38. The Morgan fingerprint density at radius 2 is 1.64 bits per heavy atom. The van der Waals surface area contributed by atoms with Gasteiger partial charge in [0, 0.05) is 11.8 Å². The fraction of sp³-hybridized carbons (Fsp3) is 0.355. The van der Waals surface area contributed by atoms with Gasteiger partial charge in [0.15, 0.2) is 0 Å². The average Bonchev–Trinajstić information content (AvgIpc) is 2.90. The Balaban J connectivity index is 1.83. The van der Waals surface area contributed by atoms with E-state index in [1.165, 1.54) is 5.56 Å². The number of hydrogen-bond acceptors (Lipinski definition) is 5. The summed E-state index contributed by atoms with van der Waals surface area (Å²) in [5, 5.41) is 12.1. The van der Waals surface area contributed by atoms with Crippen LogP contribution >= 0.6 is 0 Å². The SMILES string of the molecule is CCCCc1ccccc1COCc1ccc(C(=O)NC(CCS(C)(=O)=O)C(=O)O)c(-c2ccccc2C)c1. The van der Waals surface area contributed by atoms with Crippen molar-refractivity contribution in [3.63, 3.8) is 0 Å². The first-order chi connectivity index (χ1) is 18.6. The highest BCUT2D eigenvalue weighted by Gasteiger charge is 2.24. The minimum Gasteiger partial charge on any atom is -0.480 e. The largest absolute Gasteiger partial charge is 0.480 e. The summed E-state index contributed by atoms with van der Waals surface area (Å²) in [5.74, 6) is -2.20. The first kappa shape index (κ1) is 30.1. The zero-order valence-corrected chi connectivity index (χ0v) is 23.6. The molecule has 39 heavy (non-hydrogen) atoms. The molecule has 3 aromatic rings. The number of aryl methyl sites for hydroxylation is 2. The van der Waals surface area contributed by atoms with Gasteiger partial charge in [-0.05, 0) is 71.7 Å². The lowest BCUT2D eigenvalue weighted by Crippen LogP contribution is -2.42. The molecule has 0 aromatic heterocycles. The maximum Gasteiger partial charge on any atom is 0.326 e. The highest BCUT2D eigenvalue weighted by Crippen LogP contribution is 2.29. The summed E-state index contributed by atoms with van der Waals surface area (Å²) in [5.41, 5.74) is 6.10. The van der Waals surface area contributed by atoms with Crippen molar-refractivity contribution in [2.75, 3.05) is 12.0 Å². The number of rotatable bonds is 14. The molecule has 7 nitrogen and oxygen atoms in total. The molecule has 0 aliphatic carbocycles. The van der Waals surface area contributed by atoms with Crippen LogP contribution < -0.4 is 5.32 Å². The summed E-state index contributed by atoms with van der Waals surface area (Å²) in [6, 6.07) is 20.0. The molecule has 1 atom stereocenters. The van der Waals surface area contributed by atoms with Crippen LogP contribution in [0, 0.1) is 6.92 Å². The molecule has 3 rings (SSSR count). The molecule has 1 amide bonds. The third-order valence-electron chi connectivity index (χ3n) is 6.59. The molecule has 0 saturated carbocycles. The third kappa shape index (κ3) is 9.04. The number of ether oxygens (including phenoxy) is 1. The van der Waals surface area contributed by atoms with Crippen LogP contribution in [0.4, 0.5) is 0 Å². The quantitative estimate of drug-likeness (QED) is 0.280. The number of carboxylic acid groups (broad SMARTS) is 1. The predicted octanol–water partition coefficient (Wildman–Crippen LogP) is 5.34. The summed E-state index contributed by atoms with van der Waals surface area (Å²) in [4.78, 5) is 25.0. The van der Waals surface area contributed by atoms with Crippen LogP contribution in [0.25, 0.3) is 11.1 Å². The van der Waals surface area contributed by atoms with E-state index >= 15 is 0 Å². The van der Waals surface area contributed by atoms with Gasteiger partial charge < -0.3 is 15.2 Å². The van der Waals surface area contributed by atoms with E-state index in [4.69, 9.17) is 4.74 Å². The lowest BCUT2D eigenvalue weighted by atomic mass is 9.93. The van der Waals surface area contributed by atoms with Crippen molar-refractivity contribution in [2.45, 2.75) is 58.8 Å². The number of sulfone groups is 1.